The minimum absolute atomic E-state index is 0.0148. The Morgan fingerprint density at radius 1 is 1.30 bits per heavy atom. The van der Waals surface area contributed by atoms with E-state index in [1.165, 1.54) is 0 Å². The average Bonchev–Trinajstić information content (AvgIpc) is 2.43. The molecule has 6 heteroatoms. The highest BCUT2D eigenvalue weighted by Crippen LogP contribution is 2.36. The molecule has 1 aliphatic carbocycles. The number of nitrogen functional groups attached to an aromatic ring is 1. The molecule has 0 bridgehead atoms. The van der Waals surface area contributed by atoms with Crippen LogP contribution in [0.3, 0.4) is 0 Å². The highest BCUT2D eigenvalue weighted by molar-refractivity contribution is 6.22. The van der Waals surface area contributed by atoms with Gasteiger partial charge in [0.1, 0.15) is 5.76 Å². The van der Waals surface area contributed by atoms with E-state index in [0.29, 0.717) is 24.1 Å². The predicted octanol–water partition coefficient (Wildman–Crippen LogP) is 2.58. The van der Waals surface area contributed by atoms with Crippen molar-refractivity contribution in [2.24, 2.45) is 10.5 Å². The number of hydrazone groups is 1. The van der Waals surface area contributed by atoms with Gasteiger partial charge in [0.15, 0.2) is 5.78 Å². The van der Waals surface area contributed by atoms with Crippen LogP contribution < -0.4 is 11.2 Å². The summed E-state index contributed by atoms with van der Waals surface area (Å²) >= 11 is 0. The minimum atomic E-state index is -0.467. The van der Waals surface area contributed by atoms with E-state index in [1.54, 1.807) is 31.2 Å². The van der Waals surface area contributed by atoms with Crippen LogP contribution in [-0.2, 0) is 4.79 Å². The van der Waals surface area contributed by atoms with Crippen molar-refractivity contribution < 1.29 is 14.7 Å². The van der Waals surface area contributed by atoms with E-state index in [9.17, 15) is 14.7 Å². The molecule has 1 amide bonds. The van der Waals surface area contributed by atoms with Crippen LogP contribution in [0, 0.1) is 5.41 Å². The first kappa shape index (κ1) is 16.7. The van der Waals surface area contributed by atoms with E-state index in [0.717, 1.165) is 0 Å². The van der Waals surface area contributed by atoms with Crippen LogP contribution in [0.1, 0.15) is 44.0 Å². The SMILES string of the molecule is CC(=NNC(=O)c1ccccc1N)C1=C(O)CC(C)(C)CC1=O. The van der Waals surface area contributed by atoms with Gasteiger partial charge in [-0.25, -0.2) is 5.43 Å². The number of ketones is 1. The number of para-hydroxylation sites is 1. The number of amides is 1. The van der Waals surface area contributed by atoms with Gasteiger partial charge in [0, 0.05) is 18.5 Å². The quantitative estimate of drug-likeness (QED) is 0.453. The summed E-state index contributed by atoms with van der Waals surface area (Å²) in [6, 6.07) is 6.63. The Morgan fingerprint density at radius 3 is 2.57 bits per heavy atom. The van der Waals surface area contributed by atoms with E-state index in [-0.39, 0.29) is 28.2 Å². The third-order valence-electron chi connectivity index (χ3n) is 3.74. The number of carbonyl (C=O) groups excluding carboxylic acids is 2. The maximum atomic E-state index is 12.2. The topological polar surface area (TPSA) is 105 Å². The van der Waals surface area contributed by atoms with Crippen molar-refractivity contribution in [3.8, 4) is 0 Å². The van der Waals surface area contributed by atoms with Gasteiger partial charge in [0.25, 0.3) is 5.91 Å². The third kappa shape index (κ3) is 3.77. The zero-order valence-corrected chi connectivity index (χ0v) is 13.5. The van der Waals surface area contributed by atoms with Crippen LogP contribution in [-0.4, -0.2) is 22.5 Å². The molecular weight excluding hydrogens is 294 g/mol. The first-order valence-corrected chi connectivity index (χ1v) is 7.36. The van der Waals surface area contributed by atoms with Crippen molar-refractivity contribution in [3.63, 3.8) is 0 Å². The van der Waals surface area contributed by atoms with Gasteiger partial charge in [0.2, 0.25) is 0 Å². The zero-order chi connectivity index (χ0) is 17.2. The van der Waals surface area contributed by atoms with Crippen LogP contribution in [0.25, 0.3) is 0 Å². The molecule has 6 nitrogen and oxygen atoms in total. The molecule has 4 N–H and O–H groups in total. The molecule has 0 aliphatic heterocycles. The second-order valence-corrected chi connectivity index (χ2v) is 6.49. The van der Waals surface area contributed by atoms with Gasteiger partial charge in [-0.1, -0.05) is 26.0 Å². The number of nitrogens with two attached hydrogens (primary N) is 1. The minimum Gasteiger partial charge on any atom is -0.511 e. The molecule has 0 saturated heterocycles. The first-order chi connectivity index (χ1) is 10.7. The maximum Gasteiger partial charge on any atom is 0.273 e. The van der Waals surface area contributed by atoms with Gasteiger partial charge < -0.3 is 10.8 Å². The summed E-state index contributed by atoms with van der Waals surface area (Å²) in [7, 11) is 0. The molecule has 2 rings (SSSR count). The van der Waals surface area contributed by atoms with E-state index >= 15 is 0 Å². The molecule has 0 heterocycles. The van der Waals surface area contributed by atoms with Gasteiger partial charge in [-0.2, -0.15) is 5.10 Å². The Hall–Kier alpha value is -2.63. The summed E-state index contributed by atoms with van der Waals surface area (Å²) < 4.78 is 0. The van der Waals surface area contributed by atoms with Crippen molar-refractivity contribution >= 4 is 23.1 Å². The van der Waals surface area contributed by atoms with Gasteiger partial charge in [-0.05, 0) is 24.5 Å². The fourth-order valence-corrected chi connectivity index (χ4v) is 2.65. The van der Waals surface area contributed by atoms with Crippen LogP contribution in [0.4, 0.5) is 5.69 Å². The van der Waals surface area contributed by atoms with Crippen LogP contribution in [0.2, 0.25) is 0 Å². The molecule has 0 fully saturated rings. The number of allylic oxidation sites excluding steroid dienone is 2. The number of aliphatic hydroxyl groups excluding tert-OH is 1. The standard InChI is InChI=1S/C17H21N3O3/c1-10(15-13(21)8-17(2,3)9-14(15)22)19-20-16(23)11-6-4-5-7-12(11)18/h4-7,21H,8-9,18H2,1-3H3,(H,20,23). The molecule has 0 spiro atoms. The van der Waals surface area contributed by atoms with Crippen molar-refractivity contribution in [2.75, 3.05) is 5.73 Å². The first-order valence-electron chi connectivity index (χ1n) is 7.36. The molecule has 1 aliphatic rings. The lowest BCUT2D eigenvalue weighted by atomic mass is 9.76. The number of aliphatic hydroxyl groups is 1. The molecular formula is C17H21N3O3. The average molecular weight is 315 g/mol. The second kappa shape index (κ2) is 6.24. The molecule has 0 atom stereocenters. The Labute approximate surface area is 135 Å². The normalized spacial score (nSPS) is 18.0. The summed E-state index contributed by atoms with van der Waals surface area (Å²) in [5.74, 6) is -0.624. The molecule has 122 valence electrons. The van der Waals surface area contributed by atoms with Crippen LogP contribution in [0.15, 0.2) is 40.7 Å². The van der Waals surface area contributed by atoms with Gasteiger partial charge in [0.05, 0.1) is 16.8 Å². The number of rotatable bonds is 3. The molecule has 1 aromatic rings. The van der Waals surface area contributed by atoms with E-state index in [4.69, 9.17) is 5.73 Å². The summed E-state index contributed by atoms with van der Waals surface area (Å²) in [4.78, 5) is 24.3. The Kier molecular flexibility index (Phi) is 4.54. The monoisotopic (exact) mass is 315 g/mol. The second-order valence-electron chi connectivity index (χ2n) is 6.49. The Bertz CT molecular complexity index is 718. The summed E-state index contributed by atoms with van der Waals surface area (Å²) in [6.45, 7) is 5.42. The van der Waals surface area contributed by atoms with Crippen LogP contribution >= 0.6 is 0 Å². The molecule has 0 aromatic heterocycles. The molecule has 23 heavy (non-hydrogen) atoms. The van der Waals surface area contributed by atoms with Crippen molar-refractivity contribution in [1.29, 1.82) is 0 Å². The summed E-state index contributed by atoms with van der Waals surface area (Å²) in [5, 5.41) is 14.1. The lowest BCUT2D eigenvalue weighted by Gasteiger charge is -2.29. The fraction of sp³-hybridized carbons (Fsp3) is 0.353. The number of hydrogen-bond donors (Lipinski definition) is 3. The summed E-state index contributed by atoms with van der Waals surface area (Å²) in [6.07, 6.45) is 0.735. The Morgan fingerprint density at radius 2 is 1.96 bits per heavy atom. The lowest BCUT2D eigenvalue weighted by molar-refractivity contribution is -0.117. The number of anilines is 1. The zero-order valence-electron chi connectivity index (χ0n) is 13.5. The number of nitrogens with zero attached hydrogens (tertiary/aromatic N) is 1. The van der Waals surface area contributed by atoms with Gasteiger partial charge in [-0.3, -0.25) is 9.59 Å². The van der Waals surface area contributed by atoms with Crippen molar-refractivity contribution in [3.05, 3.63) is 41.2 Å². The molecule has 0 radical (unpaired) electrons. The smallest absolute Gasteiger partial charge is 0.273 e. The number of nitrogens with one attached hydrogen (secondary N) is 1. The van der Waals surface area contributed by atoms with E-state index in [1.807, 2.05) is 13.8 Å². The highest BCUT2D eigenvalue weighted by Gasteiger charge is 2.34. The lowest BCUT2D eigenvalue weighted by Crippen LogP contribution is -2.29. The number of benzene rings is 1. The highest BCUT2D eigenvalue weighted by atomic mass is 16.3. The third-order valence-corrected chi connectivity index (χ3v) is 3.74. The van der Waals surface area contributed by atoms with Crippen LogP contribution in [0.5, 0.6) is 0 Å². The van der Waals surface area contributed by atoms with Gasteiger partial charge in [-0.15, -0.1) is 0 Å². The number of hydrogen-bond acceptors (Lipinski definition) is 5. The van der Waals surface area contributed by atoms with Crippen molar-refractivity contribution in [1.82, 2.24) is 5.43 Å². The predicted molar refractivity (Wildman–Crippen MR) is 89.1 cm³/mol. The van der Waals surface area contributed by atoms with E-state index in [2.05, 4.69) is 10.5 Å². The van der Waals surface area contributed by atoms with Gasteiger partial charge >= 0.3 is 0 Å². The number of Topliss-reactive ketones (excluding diaryl/α,β-unsaturated/α-hetero) is 1. The Balaban J connectivity index is 2.19. The number of carbonyl (C=O) groups is 2. The maximum absolute atomic E-state index is 12.2. The van der Waals surface area contributed by atoms with E-state index < -0.39 is 5.91 Å². The molecule has 0 saturated carbocycles. The fourth-order valence-electron chi connectivity index (χ4n) is 2.65. The van der Waals surface area contributed by atoms with Crippen molar-refractivity contribution in [2.45, 2.75) is 33.6 Å². The molecule has 0 unspecified atom stereocenters. The molecule has 1 aromatic carbocycles. The largest absolute Gasteiger partial charge is 0.511 e. The summed E-state index contributed by atoms with van der Waals surface area (Å²) in [5.41, 5.74) is 8.95.